The number of aryl methyl sites for hydroxylation is 1. The smallest absolute Gasteiger partial charge is 0.223 e. The van der Waals surface area contributed by atoms with Crippen molar-refractivity contribution < 1.29 is 17.7 Å². The van der Waals surface area contributed by atoms with Crippen LogP contribution >= 0.6 is 24.0 Å². The minimum atomic E-state index is -3.30. The van der Waals surface area contributed by atoms with Gasteiger partial charge in [-0.05, 0) is 13.8 Å². The lowest BCUT2D eigenvalue weighted by Gasteiger charge is -2.35. The van der Waals surface area contributed by atoms with Gasteiger partial charge in [0.15, 0.2) is 11.8 Å². The largest absolute Gasteiger partial charge is 0.378 e. The van der Waals surface area contributed by atoms with Crippen molar-refractivity contribution in [2.45, 2.75) is 33.4 Å². The fourth-order valence-corrected chi connectivity index (χ4v) is 3.88. The normalized spacial score (nSPS) is 16.5. The number of piperazine rings is 1. The maximum atomic E-state index is 12.4. The van der Waals surface area contributed by atoms with Crippen LogP contribution in [0.1, 0.15) is 25.6 Å². The molecule has 1 aliphatic rings. The Balaban J connectivity index is 0.00000364. The molecule has 1 aromatic heterocycles. The van der Waals surface area contributed by atoms with Gasteiger partial charge in [-0.15, -0.1) is 24.0 Å². The van der Waals surface area contributed by atoms with Crippen molar-refractivity contribution in [3.8, 4) is 0 Å². The molecule has 12 heteroatoms. The van der Waals surface area contributed by atoms with Gasteiger partial charge in [0.05, 0.1) is 25.0 Å². The summed E-state index contributed by atoms with van der Waals surface area (Å²) in [5.41, 5.74) is 0. The summed E-state index contributed by atoms with van der Waals surface area (Å²) in [6, 6.07) is 0. The van der Waals surface area contributed by atoms with Crippen LogP contribution in [0.25, 0.3) is 0 Å². The Morgan fingerprint density at radius 1 is 1.33 bits per heavy atom. The van der Waals surface area contributed by atoms with E-state index in [0.29, 0.717) is 50.4 Å². The van der Waals surface area contributed by atoms with Crippen molar-refractivity contribution in [1.29, 1.82) is 0 Å². The van der Waals surface area contributed by atoms with Crippen molar-refractivity contribution in [3.05, 3.63) is 11.7 Å². The van der Waals surface area contributed by atoms with Gasteiger partial charge in [-0.25, -0.2) is 8.42 Å². The number of hydrogen-bond donors (Lipinski definition) is 1. The third kappa shape index (κ3) is 7.50. The van der Waals surface area contributed by atoms with Gasteiger partial charge in [0.2, 0.25) is 15.9 Å². The Morgan fingerprint density at radius 3 is 2.52 bits per heavy atom. The molecule has 10 nitrogen and oxygen atoms in total. The lowest BCUT2D eigenvalue weighted by Crippen LogP contribution is -2.54. The van der Waals surface area contributed by atoms with Crippen molar-refractivity contribution >= 4 is 40.0 Å². The Bertz CT molecular complexity index is 701. The van der Waals surface area contributed by atoms with E-state index in [1.54, 1.807) is 14.0 Å². The molecule has 0 atom stereocenters. The third-order valence-electron chi connectivity index (χ3n) is 3.91. The summed E-state index contributed by atoms with van der Waals surface area (Å²) in [7, 11) is -1.61. The molecular weight excluding hydrogens is 487 g/mol. The number of guanidine groups is 1. The minimum absolute atomic E-state index is 0. The summed E-state index contributed by atoms with van der Waals surface area (Å²) in [4.78, 5) is 10.4. The molecule has 1 N–H and O–H groups in total. The Hall–Kier alpha value is -0.990. The average molecular weight is 516 g/mol. The van der Waals surface area contributed by atoms with Crippen LogP contribution in [0.4, 0.5) is 0 Å². The first-order valence-electron chi connectivity index (χ1n) is 8.66. The van der Waals surface area contributed by atoms with Crippen LogP contribution in [-0.2, 0) is 21.3 Å². The second-order valence-corrected chi connectivity index (χ2v) is 8.34. The van der Waals surface area contributed by atoms with Gasteiger partial charge in [-0.2, -0.15) is 9.29 Å². The van der Waals surface area contributed by atoms with Gasteiger partial charge in [-0.1, -0.05) is 5.16 Å². The Labute approximate surface area is 177 Å². The number of hydrogen-bond acceptors (Lipinski definition) is 7. The van der Waals surface area contributed by atoms with Gasteiger partial charge in [0, 0.05) is 40.2 Å². The number of sulfonamides is 1. The SMILES string of the molecule is CN=C(NCc1noc(C)n1)N1CCN(S(=O)(=O)CCOC(C)C)CC1.I. The summed E-state index contributed by atoms with van der Waals surface area (Å²) in [5.74, 6) is 1.76. The summed E-state index contributed by atoms with van der Waals surface area (Å²) >= 11 is 0. The van der Waals surface area contributed by atoms with Crippen molar-refractivity contribution in [3.63, 3.8) is 0 Å². The molecule has 0 amide bonds. The Morgan fingerprint density at radius 2 is 2.00 bits per heavy atom. The topological polar surface area (TPSA) is 113 Å². The monoisotopic (exact) mass is 516 g/mol. The summed E-state index contributed by atoms with van der Waals surface area (Å²) < 4.78 is 36.6. The van der Waals surface area contributed by atoms with Gasteiger partial charge in [0.1, 0.15) is 0 Å². The first-order chi connectivity index (χ1) is 12.3. The highest BCUT2D eigenvalue weighted by atomic mass is 127. The lowest BCUT2D eigenvalue weighted by atomic mass is 10.4. The highest BCUT2D eigenvalue weighted by Crippen LogP contribution is 2.09. The van der Waals surface area contributed by atoms with Gasteiger partial charge < -0.3 is 19.5 Å². The van der Waals surface area contributed by atoms with Crippen LogP contribution < -0.4 is 5.32 Å². The van der Waals surface area contributed by atoms with Crippen molar-refractivity contribution in [2.24, 2.45) is 4.99 Å². The summed E-state index contributed by atoms with van der Waals surface area (Å²) in [6.45, 7) is 8.10. The zero-order valence-corrected chi connectivity index (χ0v) is 19.4. The number of nitrogens with zero attached hydrogens (tertiary/aromatic N) is 5. The maximum absolute atomic E-state index is 12.4. The zero-order valence-electron chi connectivity index (χ0n) is 16.2. The molecule has 2 rings (SSSR count). The highest BCUT2D eigenvalue weighted by Gasteiger charge is 2.28. The molecule has 0 aromatic carbocycles. The summed E-state index contributed by atoms with van der Waals surface area (Å²) in [6.07, 6.45) is 0.0273. The van der Waals surface area contributed by atoms with E-state index >= 15 is 0 Å². The number of halogens is 1. The van der Waals surface area contributed by atoms with Crippen LogP contribution in [0.2, 0.25) is 0 Å². The fraction of sp³-hybridized carbons (Fsp3) is 0.800. The predicted octanol–water partition coefficient (Wildman–Crippen LogP) is 0.444. The van der Waals surface area contributed by atoms with E-state index in [-0.39, 0.29) is 42.4 Å². The molecule has 0 radical (unpaired) electrons. The second kappa shape index (κ2) is 11.1. The summed E-state index contributed by atoms with van der Waals surface area (Å²) in [5, 5.41) is 7.00. The highest BCUT2D eigenvalue weighted by molar-refractivity contribution is 14.0. The van der Waals surface area contributed by atoms with Crippen LogP contribution in [0.3, 0.4) is 0 Å². The third-order valence-corrected chi connectivity index (χ3v) is 5.74. The minimum Gasteiger partial charge on any atom is -0.378 e. The molecule has 156 valence electrons. The fourth-order valence-electron chi connectivity index (χ4n) is 2.60. The Kier molecular flexibility index (Phi) is 9.90. The molecule has 1 aromatic rings. The van der Waals surface area contributed by atoms with E-state index in [0.717, 1.165) is 0 Å². The molecule has 2 heterocycles. The second-order valence-electron chi connectivity index (χ2n) is 6.25. The van der Waals surface area contributed by atoms with Crippen LogP contribution in [0.15, 0.2) is 9.52 Å². The van der Waals surface area contributed by atoms with Crippen LogP contribution in [0.5, 0.6) is 0 Å². The molecule has 0 bridgehead atoms. The maximum Gasteiger partial charge on any atom is 0.223 e. The van der Waals surface area contributed by atoms with Crippen molar-refractivity contribution in [1.82, 2.24) is 24.7 Å². The molecule has 0 unspecified atom stereocenters. The number of rotatable bonds is 7. The van der Waals surface area contributed by atoms with E-state index in [9.17, 15) is 8.42 Å². The standard InChI is InChI=1S/C15H28N6O4S.HI/c1-12(2)24-9-10-26(22,23)21-7-5-20(6-8-21)15(16-4)17-11-14-18-13(3)25-19-14;/h12H,5-11H2,1-4H3,(H,16,17);1H. The van der Waals surface area contributed by atoms with Gasteiger partial charge >= 0.3 is 0 Å². The van der Waals surface area contributed by atoms with E-state index in [2.05, 4.69) is 20.4 Å². The lowest BCUT2D eigenvalue weighted by molar-refractivity contribution is 0.0904. The molecule has 0 aliphatic carbocycles. The quantitative estimate of drug-likeness (QED) is 0.316. The number of aromatic nitrogens is 2. The van der Waals surface area contributed by atoms with Crippen LogP contribution in [0, 0.1) is 6.92 Å². The number of nitrogens with one attached hydrogen (secondary N) is 1. The van der Waals surface area contributed by atoms with Crippen LogP contribution in [-0.4, -0.2) is 85.4 Å². The molecule has 1 saturated heterocycles. The zero-order chi connectivity index (χ0) is 19.2. The molecule has 0 saturated carbocycles. The van der Waals surface area contributed by atoms with E-state index < -0.39 is 10.0 Å². The molecule has 1 fully saturated rings. The molecule has 27 heavy (non-hydrogen) atoms. The first kappa shape index (κ1) is 24.0. The number of aliphatic imine (C=N–C) groups is 1. The van der Waals surface area contributed by atoms with E-state index in [1.807, 2.05) is 18.7 Å². The molecular formula is C15H29IN6O4S. The van der Waals surface area contributed by atoms with E-state index in [4.69, 9.17) is 9.26 Å². The first-order valence-corrected chi connectivity index (χ1v) is 10.3. The number of ether oxygens (including phenoxy) is 1. The van der Waals surface area contributed by atoms with Gasteiger partial charge in [0.25, 0.3) is 0 Å². The molecule has 1 aliphatic heterocycles. The molecule has 0 spiro atoms. The predicted molar refractivity (Wildman–Crippen MR) is 113 cm³/mol. The van der Waals surface area contributed by atoms with E-state index in [1.165, 1.54) is 4.31 Å². The van der Waals surface area contributed by atoms with Crippen molar-refractivity contribution in [2.75, 3.05) is 45.6 Å². The average Bonchev–Trinajstić information content (AvgIpc) is 3.01. The van der Waals surface area contributed by atoms with Gasteiger partial charge in [-0.3, -0.25) is 4.99 Å².